The van der Waals surface area contributed by atoms with Crippen molar-refractivity contribution >= 4 is 0 Å². The van der Waals surface area contributed by atoms with Gasteiger partial charge in [0.15, 0.2) is 0 Å². The van der Waals surface area contributed by atoms with Crippen molar-refractivity contribution in [2.45, 2.75) is 12.8 Å². The third-order valence-corrected chi connectivity index (χ3v) is 2.14. The molecule has 1 heterocycles. The van der Waals surface area contributed by atoms with Gasteiger partial charge in [0.1, 0.15) is 11.5 Å². The van der Waals surface area contributed by atoms with E-state index in [1.165, 1.54) is 6.07 Å². The predicted octanol–water partition coefficient (Wildman–Crippen LogP) is 1.59. The number of rotatable bonds is 0. The SMILES string of the molecule is N#Cc1cc(O)cc2c1CCCO2. The van der Waals surface area contributed by atoms with Gasteiger partial charge in [-0.3, -0.25) is 0 Å². The molecule has 0 fully saturated rings. The molecule has 1 aromatic carbocycles. The zero-order valence-corrected chi connectivity index (χ0v) is 7.08. The lowest BCUT2D eigenvalue weighted by Crippen LogP contribution is -2.09. The molecule has 0 atom stereocenters. The van der Waals surface area contributed by atoms with Crippen LogP contribution in [-0.4, -0.2) is 11.7 Å². The monoisotopic (exact) mass is 175 g/mol. The number of hydrogen-bond acceptors (Lipinski definition) is 3. The average molecular weight is 175 g/mol. The van der Waals surface area contributed by atoms with Crippen LogP contribution in [0.1, 0.15) is 17.5 Å². The Bertz CT molecular complexity index is 379. The number of phenols is 1. The minimum absolute atomic E-state index is 0.0946. The number of phenolic OH excluding ortho intramolecular Hbond substituents is 1. The molecule has 3 nitrogen and oxygen atoms in total. The predicted molar refractivity (Wildman–Crippen MR) is 46.6 cm³/mol. The van der Waals surface area contributed by atoms with Crippen LogP contribution in [0.5, 0.6) is 11.5 Å². The molecule has 1 N–H and O–H groups in total. The minimum atomic E-state index is 0.0946. The van der Waals surface area contributed by atoms with Crippen LogP contribution in [0.15, 0.2) is 12.1 Å². The van der Waals surface area contributed by atoms with E-state index in [0.29, 0.717) is 17.9 Å². The number of nitrogens with zero attached hydrogens (tertiary/aromatic N) is 1. The van der Waals surface area contributed by atoms with Crippen LogP contribution in [-0.2, 0) is 6.42 Å². The van der Waals surface area contributed by atoms with Crippen molar-refractivity contribution in [1.29, 1.82) is 5.26 Å². The fourth-order valence-electron chi connectivity index (χ4n) is 1.55. The van der Waals surface area contributed by atoms with Gasteiger partial charge in [0, 0.05) is 11.6 Å². The molecule has 1 aromatic rings. The van der Waals surface area contributed by atoms with E-state index in [1.807, 2.05) is 0 Å². The fraction of sp³-hybridized carbons (Fsp3) is 0.300. The first-order chi connectivity index (χ1) is 6.31. The second kappa shape index (κ2) is 2.98. The van der Waals surface area contributed by atoms with Crippen molar-refractivity contribution in [3.05, 3.63) is 23.3 Å². The highest BCUT2D eigenvalue weighted by Gasteiger charge is 2.15. The van der Waals surface area contributed by atoms with E-state index < -0.39 is 0 Å². The van der Waals surface area contributed by atoms with Gasteiger partial charge < -0.3 is 9.84 Å². The standard InChI is InChI=1S/C10H9NO2/c11-6-7-4-8(12)5-10-9(7)2-1-3-13-10/h4-5,12H,1-3H2. The highest BCUT2D eigenvalue weighted by molar-refractivity contribution is 5.52. The zero-order chi connectivity index (χ0) is 9.26. The molecule has 13 heavy (non-hydrogen) atoms. The number of ether oxygens (including phenoxy) is 1. The van der Waals surface area contributed by atoms with Gasteiger partial charge in [-0.15, -0.1) is 0 Å². The summed E-state index contributed by atoms with van der Waals surface area (Å²) in [5.74, 6) is 0.750. The first-order valence-corrected chi connectivity index (χ1v) is 4.20. The van der Waals surface area contributed by atoms with Crippen molar-refractivity contribution in [3.8, 4) is 17.6 Å². The van der Waals surface area contributed by atoms with Gasteiger partial charge in [-0.25, -0.2) is 0 Å². The zero-order valence-electron chi connectivity index (χ0n) is 7.08. The molecule has 0 amide bonds. The molecule has 0 unspecified atom stereocenters. The topological polar surface area (TPSA) is 53.2 Å². The lowest BCUT2D eigenvalue weighted by atomic mass is 10.0. The lowest BCUT2D eigenvalue weighted by Gasteiger charge is -2.18. The highest BCUT2D eigenvalue weighted by Crippen LogP contribution is 2.31. The summed E-state index contributed by atoms with van der Waals surface area (Å²) in [6.45, 7) is 0.668. The van der Waals surface area contributed by atoms with Gasteiger partial charge in [0.25, 0.3) is 0 Å². The Kier molecular flexibility index (Phi) is 1.82. The van der Waals surface area contributed by atoms with Gasteiger partial charge in [0.05, 0.1) is 18.2 Å². The Hall–Kier alpha value is -1.69. The van der Waals surface area contributed by atoms with Crippen LogP contribution in [0.2, 0.25) is 0 Å². The number of fused-ring (bicyclic) bond motifs is 1. The van der Waals surface area contributed by atoms with Crippen molar-refractivity contribution in [2.75, 3.05) is 6.61 Å². The molecule has 1 aliphatic heterocycles. The van der Waals surface area contributed by atoms with E-state index in [2.05, 4.69) is 6.07 Å². The summed E-state index contributed by atoms with van der Waals surface area (Å²) in [5.41, 5.74) is 1.45. The van der Waals surface area contributed by atoms with Crippen LogP contribution in [0.25, 0.3) is 0 Å². The van der Waals surface area contributed by atoms with Crippen LogP contribution >= 0.6 is 0 Å². The quantitative estimate of drug-likeness (QED) is 0.651. The molecule has 66 valence electrons. The van der Waals surface area contributed by atoms with E-state index in [4.69, 9.17) is 10.00 Å². The Balaban J connectivity index is 2.58. The van der Waals surface area contributed by atoms with Crippen molar-refractivity contribution in [1.82, 2.24) is 0 Å². The van der Waals surface area contributed by atoms with Crippen LogP contribution in [0.3, 0.4) is 0 Å². The number of hydrogen-bond donors (Lipinski definition) is 1. The van der Waals surface area contributed by atoms with Crippen molar-refractivity contribution in [2.24, 2.45) is 0 Å². The summed E-state index contributed by atoms with van der Waals surface area (Å²) in [4.78, 5) is 0. The van der Waals surface area contributed by atoms with Crippen molar-refractivity contribution in [3.63, 3.8) is 0 Å². The van der Waals surface area contributed by atoms with E-state index in [0.717, 1.165) is 18.4 Å². The molecule has 0 bridgehead atoms. The molecule has 3 heteroatoms. The molecule has 0 saturated heterocycles. The molecule has 0 spiro atoms. The van der Waals surface area contributed by atoms with Gasteiger partial charge in [-0.1, -0.05) is 0 Å². The Morgan fingerprint density at radius 1 is 1.46 bits per heavy atom. The summed E-state index contributed by atoms with van der Waals surface area (Å²) < 4.78 is 5.34. The lowest BCUT2D eigenvalue weighted by molar-refractivity contribution is 0.286. The Morgan fingerprint density at radius 3 is 3.08 bits per heavy atom. The summed E-state index contributed by atoms with van der Waals surface area (Å²) in [5, 5.41) is 18.1. The summed E-state index contributed by atoms with van der Waals surface area (Å²) >= 11 is 0. The van der Waals surface area contributed by atoms with Crippen LogP contribution in [0.4, 0.5) is 0 Å². The fourth-order valence-corrected chi connectivity index (χ4v) is 1.55. The number of nitriles is 1. The van der Waals surface area contributed by atoms with Crippen LogP contribution in [0, 0.1) is 11.3 Å². The van der Waals surface area contributed by atoms with E-state index in [9.17, 15) is 5.11 Å². The third kappa shape index (κ3) is 1.31. The maximum Gasteiger partial charge on any atom is 0.127 e. The normalized spacial score (nSPS) is 14.1. The van der Waals surface area contributed by atoms with E-state index >= 15 is 0 Å². The molecular formula is C10H9NO2. The number of benzene rings is 1. The smallest absolute Gasteiger partial charge is 0.127 e. The van der Waals surface area contributed by atoms with Gasteiger partial charge in [0.2, 0.25) is 0 Å². The largest absolute Gasteiger partial charge is 0.508 e. The average Bonchev–Trinajstić information content (AvgIpc) is 2.16. The van der Waals surface area contributed by atoms with E-state index in [1.54, 1.807) is 6.07 Å². The summed E-state index contributed by atoms with van der Waals surface area (Å²) in [7, 11) is 0. The maximum atomic E-state index is 9.27. The Labute approximate surface area is 76.2 Å². The van der Waals surface area contributed by atoms with Crippen molar-refractivity contribution < 1.29 is 9.84 Å². The second-order valence-electron chi connectivity index (χ2n) is 3.03. The third-order valence-electron chi connectivity index (χ3n) is 2.14. The molecular weight excluding hydrogens is 166 g/mol. The molecule has 0 saturated carbocycles. The first kappa shape index (κ1) is 7.93. The summed E-state index contributed by atoms with van der Waals surface area (Å²) in [6.07, 6.45) is 1.80. The maximum absolute atomic E-state index is 9.27. The molecule has 0 aliphatic carbocycles. The molecule has 0 radical (unpaired) electrons. The van der Waals surface area contributed by atoms with Crippen LogP contribution < -0.4 is 4.74 Å². The van der Waals surface area contributed by atoms with E-state index in [-0.39, 0.29) is 5.75 Å². The molecule has 1 aliphatic rings. The first-order valence-electron chi connectivity index (χ1n) is 4.20. The second-order valence-corrected chi connectivity index (χ2v) is 3.03. The summed E-state index contributed by atoms with van der Waals surface area (Å²) in [6, 6.07) is 5.10. The minimum Gasteiger partial charge on any atom is -0.508 e. The van der Waals surface area contributed by atoms with Gasteiger partial charge >= 0.3 is 0 Å². The number of aromatic hydroxyl groups is 1. The highest BCUT2D eigenvalue weighted by atomic mass is 16.5. The molecule has 0 aromatic heterocycles. The Morgan fingerprint density at radius 2 is 2.31 bits per heavy atom. The van der Waals surface area contributed by atoms with Gasteiger partial charge in [-0.05, 0) is 18.9 Å². The van der Waals surface area contributed by atoms with Gasteiger partial charge in [-0.2, -0.15) is 5.26 Å². The molecule has 2 rings (SSSR count).